The van der Waals surface area contributed by atoms with E-state index in [1.54, 1.807) is 0 Å². The van der Waals surface area contributed by atoms with E-state index in [-0.39, 0.29) is 5.78 Å². The van der Waals surface area contributed by atoms with E-state index in [0.717, 1.165) is 56.5 Å². The summed E-state index contributed by atoms with van der Waals surface area (Å²) in [4.78, 5) is 32.3. The number of terminal acetylenes is 1. The lowest BCUT2D eigenvalue weighted by Gasteiger charge is -2.38. The molecule has 3 aromatic rings. The second-order valence-corrected chi connectivity index (χ2v) is 9.37. The van der Waals surface area contributed by atoms with Crippen LogP contribution in [0, 0.1) is 12.3 Å². The molecule has 0 bridgehead atoms. The largest absolute Gasteiger partial charge is 0.465 e. The van der Waals surface area contributed by atoms with Crippen LogP contribution in [-0.4, -0.2) is 53.0 Å². The molecule has 1 aliphatic carbocycles. The number of carbonyl (C=O) groups excluding carboxylic acids is 1. The maximum absolute atomic E-state index is 13.8. The van der Waals surface area contributed by atoms with E-state index in [2.05, 4.69) is 48.7 Å². The molecule has 1 amide bonds. The minimum Gasteiger partial charge on any atom is -0.465 e. The summed E-state index contributed by atoms with van der Waals surface area (Å²) in [5.74, 6) is 2.70. The molecule has 2 aromatic carbocycles. The van der Waals surface area contributed by atoms with Gasteiger partial charge in [0.1, 0.15) is 0 Å². The van der Waals surface area contributed by atoms with Gasteiger partial charge in [0.05, 0.1) is 5.56 Å². The molecule has 5 rings (SSSR count). The Hall–Kier alpha value is -3.72. The Labute approximate surface area is 193 Å². The van der Waals surface area contributed by atoms with Crippen LogP contribution in [0.2, 0.25) is 0 Å². The monoisotopic (exact) mass is 441 g/mol. The number of amides is 1. The molecule has 0 saturated carbocycles. The summed E-state index contributed by atoms with van der Waals surface area (Å²) in [6.45, 7) is 8.61. The number of rotatable bonds is 2. The van der Waals surface area contributed by atoms with Gasteiger partial charge in [0, 0.05) is 65.0 Å². The first-order chi connectivity index (χ1) is 15.8. The maximum Gasteiger partial charge on any atom is 0.407 e. The first kappa shape index (κ1) is 21.1. The van der Waals surface area contributed by atoms with Crippen molar-refractivity contribution in [1.82, 2.24) is 9.88 Å². The number of piperazine rings is 1. The highest BCUT2D eigenvalue weighted by Gasteiger charge is 2.40. The number of fused-ring (bicyclic) bond motifs is 4. The molecule has 6 nitrogen and oxygen atoms in total. The van der Waals surface area contributed by atoms with Gasteiger partial charge in [-0.3, -0.25) is 4.79 Å². The zero-order chi connectivity index (χ0) is 23.5. The number of benzene rings is 2. The zero-order valence-electron chi connectivity index (χ0n) is 19.2. The lowest BCUT2D eigenvalue weighted by Crippen LogP contribution is -2.48. The average molecular weight is 442 g/mol. The van der Waals surface area contributed by atoms with Gasteiger partial charge < -0.3 is 19.9 Å². The number of hydrogen-bond donors (Lipinski definition) is 2. The fraction of sp³-hybridized carbons (Fsp3) is 0.333. The minimum absolute atomic E-state index is 0.0379. The normalized spacial score (nSPS) is 17.0. The zero-order valence-corrected chi connectivity index (χ0v) is 19.2. The summed E-state index contributed by atoms with van der Waals surface area (Å²) in [5, 5.41) is 10.2. The van der Waals surface area contributed by atoms with E-state index in [9.17, 15) is 14.7 Å². The number of nitrogens with zero attached hydrogens (tertiary/aromatic N) is 2. The second-order valence-electron chi connectivity index (χ2n) is 9.37. The molecule has 1 aliphatic heterocycles. The van der Waals surface area contributed by atoms with Crippen molar-refractivity contribution < 1.29 is 14.7 Å². The van der Waals surface area contributed by atoms with Crippen LogP contribution in [0.25, 0.3) is 10.9 Å². The number of ketones is 1. The van der Waals surface area contributed by atoms with Crippen LogP contribution in [0.5, 0.6) is 0 Å². The van der Waals surface area contributed by atoms with Crippen molar-refractivity contribution >= 4 is 28.5 Å². The van der Waals surface area contributed by atoms with E-state index in [0.29, 0.717) is 26.2 Å². The predicted octanol–water partition coefficient (Wildman–Crippen LogP) is 4.38. The van der Waals surface area contributed by atoms with Gasteiger partial charge in [-0.05, 0) is 41.8 Å². The third kappa shape index (κ3) is 3.11. The number of hydrogen-bond acceptors (Lipinski definition) is 3. The van der Waals surface area contributed by atoms with Gasteiger partial charge >= 0.3 is 6.09 Å². The number of aromatic amines is 1. The van der Waals surface area contributed by atoms with Crippen molar-refractivity contribution in [2.24, 2.45) is 0 Å². The third-order valence-electron chi connectivity index (χ3n) is 7.23. The van der Waals surface area contributed by atoms with Crippen LogP contribution in [0.3, 0.4) is 0 Å². The number of nitrogens with one attached hydrogen (secondary N) is 1. The second kappa shape index (κ2) is 7.41. The molecule has 1 saturated heterocycles. The van der Waals surface area contributed by atoms with Crippen LogP contribution in [0.15, 0.2) is 30.3 Å². The number of aryl methyl sites for hydroxylation is 1. The SMILES string of the molecule is C#Cc1ccc2c3c([nH]c2c1)C(C)(C)c1cc(N2CCN(C(=O)O)CC2)c(CC)cc1C3=O. The van der Waals surface area contributed by atoms with E-state index in [4.69, 9.17) is 6.42 Å². The lowest BCUT2D eigenvalue weighted by molar-refractivity contribution is 0.103. The smallest absolute Gasteiger partial charge is 0.407 e. The number of aromatic nitrogens is 1. The van der Waals surface area contributed by atoms with Crippen molar-refractivity contribution in [2.75, 3.05) is 31.1 Å². The molecule has 168 valence electrons. The molecule has 1 fully saturated rings. The van der Waals surface area contributed by atoms with E-state index in [1.807, 2.05) is 18.2 Å². The Morgan fingerprint density at radius 1 is 1.18 bits per heavy atom. The first-order valence-corrected chi connectivity index (χ1v) is 11.3. The summed E-state index contributed by atoms with van der Waals surface area (Å²) >= 11 is 0. The van der Waals surface area contributed by atoms with Crippen LogP contribution >= 0.6 is 0 Å². The van der Waals surface area contributed by atoms with E-state index < -0.39 is 11.5 Å². The quantitative estimate of drug-likeness (QED) is 0.579. The molecule has 2 aliphatic rings. The van der Waals surface area contributed by atoms with Gasteiger partial charge in [-0.15, -0.1) is 6.42 Å². The van der Waals surface area contributed by atoms with Gasteiger partial charge in [0.2, 0.25) is 0 Å². The number of carboxylic acid groups (broad SMARTS) is 1. The van der Waals surface area contributed by atoms with Crippen molar-refractivity contribution in [3.05, 3.63) is 63.8 Å². The summed E-state index contributed by atoms with van der Waals surface area (Å²) in [6.07, 6.45) is 5.51. The number of anilines is 1. The molecule has 0 atom stereocenters. The fourth-order valence-electron chi connectivity index (χ4n) is 5.32. The molecule has 0 unspecified atom stereocenters. The Kier molecular flexibility index (Phi) is 4.75. The maximum atomic E-state index is 13.8. The van der Waals surface area contributed by atoms with Gasteiger partial charge in [-0.2, -0.15) is 0 Å². The van der Waals surface area contributed by atoms with Gasteiger partial charge in [0.15, 0.2) is 5.78 Å². The number of H-pyrrole nitrogens is 1. The highest BCUT2D eigenvalue weighted by Crippen LogP contribution is 2.45. The first-order valence-electron chi connectivity index (χ1n) is 11.3. The Morgan fingerprint density at radius 3 is 2.55 bits per heavy atom. The standard InChI is InChI=1S/C27H27N3O3/c1-5-16-7-8-18-21(13-16)28-25-23(18)24(31)19-14-17(6-2)22(15-20(19)27(25,3)4)29-9-11-30(12-10-29)26(32)33/h1,7-8,13-15,28H,6,9-12H2,2-4H3,(H,32,33). The van der Waals surface area contributed by atoms with Crippen LogP contribution in [0.4, 0.5) is 10.5 Å². The van der Waals surface area contributed by atoms with Gasteiger partial charge in [-0.1, -0.05) is 32.8 Å². The molecule has 2 N–H and O–H groups in total. The molecule has 1 aromatic heterocycles. The Balaban J connectivity index is 1.63. The topological polar surface area (TPSA) is 76.6 Å². The molecular weight excluding hydrogens is 414 g/mol. The minimum atomic E-state index is -0.873. The van der Waals surface area contributed by atoms with Gasteiger partial charge in [0.25, 0.3) is 0 Å². The average Bonchev–Trinajstić information content (AvgIpc) is 3.22. The highest BCUT2D eigenvalue weighted by molar-refractivity contribution is 6.20. The summed E-state index contributed by atoms with van der Waals surface area (Å²) in [7, 11) is 0. The van der Waals surface area contributed by atoms with Crippen LogP contribution in [0.1, 0.15) is 59.1 Å². The lowest BCUT2D eigenvalue weighted by atomic mass is 9.70. The molecular formula is C27H27N3O3. The van der Waals surface area contributed by atoms with Crippen molar-refractivity contribution in [3.63, 3.8) is 0 Å². The van der Waals surface area contributed by atoms with Crippen molar-refractivity contribution in [2.45, 2.75) is 32.6 Å². The fourth-order valence-corrected chi connectivity index (χ4v) is 5.32. The summed E-state index contributed by atoms with van der Waals surface area (Å²) < 4.78 is 0. The highest BCUT2D eigenvalue weighted by atomic mass is 16.4. The summed E-state index contributed by atoms with van der Waals surface area (Å²) in [6, 6.07) is 9.95. The van der Waals surface area contributed by atoms with E-state index >= 15 is 0 Å². The van der Waals surface area contributed by atoms with Crippen LogP contribution < -0.4 is 4.90 Å². The van der Waals surface area contributed by atoms with E-state index in [1.165, 1.54) is 4.90 Å². The van der Waals surface area contributed by atoms with Gasteiger partial charge in [-0.25, -0.2) is 4.79 Å². The summed E-state index contributed by atoms with van der Waals surface area (Å²) in [5.41, 5.74) is 6.85. The molecule has 0 radical (unpaired) electrons. The number of carbonyl (C=O) groups is 2. The van der Waals surface area contributed by atoms with Crippen LogP contribution in [-0.2, 0) is 11.8 Å². The molecule has 33 heavy (non-hydrogen) atoms. The van der Waals surface area contributed by atoms with Crippen molar-refractivity contribution in [3.8, 4) is 12.3 Å². The predicted molar refractivity (Wildman–Crippen MR) is 129 cm³/mol. The molecule has 6 heteroatoms. The Bertz CT molecular complexity index is 1350. The third-order valence-corrected chi connectivity index (χ3v) is 7.23. The molecule has 0 spiro atoms. The molecule has 2 heterocycles. The van der Waals surface area contributed by atoms with Crippen molar-refractivity contribution in [1.29, 1.82) is 0 Å². The Morgan fingerprint density at radius 2 is 1.91 bits per heavy atom.